The van der Waals surface area contributed by atoms with Gasteiger partial charge >= 0.3 is 5.97 Å². The van der Waals surface area contributed by atoms with Crippen molar-refractivity contribution in [3.8, 4) is 0 Å². The van der Waals surface area contributed by atoms with Crippen LogP contribution in [0.4, 0.5) is 4.39 Å². The van der Waals surface area contributed by atoms with Crippen LogP contribution in [0.15, 0.2) is 17.0 Å². The largest absolute Gasteiger partial charge is 0.478 e. The van der Waals surface area contributed by atoms with Gasteiger partial charge in [-0.2, -0.15) is 0 Å². The molecular formula is C10H13FN2O4S. The summed E-state index contributed by atoms with van der Waals surface area (Å²) in [4.78, 5) is 12.5. The number of hydrogen-bond acceptors (Lipinski definition) is 4. The highest BCUT2D eigenvalue weighted by Gasteiger charge is 2.22. The minimum Gasteiger partial charge on any atom is -0.478 e. The van der Waals surface area contributed by atoms with E-state index < -0.39 is 32.3 Å². The summed E-state index contributed by atoms with van der Waals surface area (Å²) < 4.78 is 37.3. The van der Waals surface area contributed by atoms with Crippen molar-refractivity contribution in [2.75, 3.05) is 14.1 Å². The fraction of sp³-hybridized carbons (Fsp3) is 0.300. The van der Waals surface area contributed by atoms with E-state index in [0.717, 1.165) is 12.1 Å². The molecule has 0 amide bonds. The molecule has 0 radical (unpaired) electrons. The Morgan fingerprint density at radius 1 is 1.39 bits per heavy atom. The summed E-state index contributed by atoms with van der Waals surface area (Å²) in [6.07, 6.45) is 0. The van der Waals surface area contributed by atoms with Crippen LogP contribution in [0.3, 0.4) is 0 Å². The maximum absolute atomic E-state index is 13.5. The molecule has 6 nitrogen and oxygen atoms in total. The van der Waals surface area contributed by atoms with Gasteiger partial charge in [-0.25, -0.2) is 22.6 Å². The molecular weight excluding hydrogens is 263 g/mol. The fourth-order valence-corrected chi connectivity index (χ4v) is 2.71. The minimum absolute atomic E-state index is 0.130. The van der Waals surface area contributed by atoms with Crippen LogP contribution < -0.4 is 4.83 Å². The molecule has 0 aliphatic carbocycles. The van der Waals surface area contributed by atoms with Gasteiger partial charge in [0.25, 0.3) is 10.0 Å². The smallest absolute Gasteiger partial charge is 0.335 e. The Hall–Kier alpha value is -1.51. The van der Waals surface area contributed by atoms with Crippen LogP contribution >= 0.6 is 0 Å². The van der Waals surface area contributed by atoms with Gasteiger partial charge in [0.1, 0.15) is 5.82 Å². The summed E-state index contributed by atoms with van der Waals surface area (Å²) in [7, 11) is -1.10. The Labute approximate surface area is 104 Å². The topological polar surface area (TPSA) is 86.7 Å². The third kappa shape index (κ3) is 3.03. The Kier molecular flexibility index (Phi) is 4.05. The lowest BCUT2D eigenvalue weighted by atomic mass is 10.1. The molecule has 0 heterocycles. The van der Waals surface area contributed by atoms with Gasteiger partial charge in [-0.1, -0.05) is 0 Å². The number of hydrogen-bond donors (Lipinski definition) is 2. The standard InChI is InChI=1S/C10H13FN2O4S/c1-6-8(11)4-7(10(14)15)5-9(6)18(16,17)12-13(2)3/h4-5,12H,1-3H3,(H,14,15). The molecule has 0 aliphatic heterocycles. The third-order valence-electron chi connectivity index (χ3n) is 2.14. The van der Waals surface area contributed by atoms with Crippen molar-refractivity contribution in [3.05, 3.63) is 29.1 Å². The first-order valence-corrected chi connectivity index (χ1v) is 6.36. The highest BCUT2D eigenvalue weighted by molar-refractivity contribution is 7.89. The molecule has 0 aliphatic rings. The first-order valence-electron chi connectivity index (χ1n) is 4.88. The number of benzene rings is 1. The number of nitrogens with zero attached hydrogens (tertiary/aromatic N) is 1. The number of aromatic carboxylic acids is 1. The average Bonchev–Trinajstić information content (AvgIpc) is 2.19. The molecule has 18 heavy (non-hydrogen) atoms. The Balaban J connectivity index is 3.45. The molecule has 1 aromatic rings. The van der Waals surface area contributed by atoms with Gasteiger partial charge in [0, 0.05) is 19.7 Å². The van der Waals surface area contributed by atoms with Crippen molar-refractivity contribution in [2.45, 2.75) is 11.8 Å². The monoisotopic (exact) mass is 276 g/mol. The molecule has 100 valence electrons. The zero-order valence-corrected chi connectivity index (χ0v) is 10.9. The second kappa shape index (κ2) is 5.01. The summed E-state index contributed by atoms with van der Waals surface area (Å²) in [5.74, 6) is -2.27. The SMILES string of the molecule is Cc1c(F)cc(C(=O)O)cc1S(=O)(=O)NN(C)C. The van der Waals surface area contributed by atoms with Gasteiger partial charge < -0.3 is 5.11 Å². The highest BCUT2D eigenvalue weighted by atomic mass is 32.2. The number of halogens is 1. The van der Waals surface area contributed by atoms with Crippen molar-refractivity contribution in [2.24, 2.45) is 0 Å². The lowest BCUT2D eigenvalue weighted by Gasteiger charge is -2.14. The molecule has 0 saturated carbocycles. The van der Waals surface area contributed by atoms with E-state index in [1.54, 1.807) is 0 Å². The Bertz CT molecular complexity index is 584. The van der Waals surface area contributed by atoms with Gasteiger partial charge in [-0.3, -0.25) is 0 Å². The first-order chi connectivity index (χ1) is 8.15. The lowest BCUT2D eigenvalue weighted by molar-refractivity contribution is 0.0696. The van der Waals surface area contributed by atoms with Crippen molar-refractivity contribution < 1.29 is 22.7 Å². The van der Waals surface area contributed by atoms with E-state index in [2.05, 4.69) is 4.83 Å². The fourth-order valence-electron chi connectivity index (χ4n) is 1.35. The molecule has 0 spiro atoms. The van der Waals surface area contributed by atoms with E-state index in [9.17, 15) is 17.6 Å². The van der Waals surface area contributed by atoms with E-state index in [0.29, 0.717) is 0 Å². The maximum atomic E-state index is 13.5. The van der Waals surface area contributed by atoms with Crippen molar-refractivity contribution >= 4 is 16.0 Å². The van der Waals surface area contributed by atoms with Crippen molar-refractivity contribution in [1.29, 1.82) is 0 Å². The molecule has 1 aromatic carbocycles. The molecule has 2 N–H and O–H groups in total. The number of hydrazine groups is 1. The highest BCUT2D eigenvalue weighted by Crippen LogP contribution is 2.20. The van der Waals surface area contributed by atoms with E-state index >= 15 is 0 Å². The zero-order valence-electron chi connectivity index (χ0n) is 10.1. The minimum atomic E-state index is -4.00. The van der Waals surface area contributed by atoms with Crippen molar-refractivity contribution in [1.82, 2.24) is 9.84 Å². The normalized spacial score (nSPS) is 11.8. The Morgan fingerprint density at radius 3 is 2.39 bits per heavy atom. The van der Waals surface area contributed by atoms with E-state index in [4.69, 9.17) is 5.11 Å². The van der Waals surface area contributed by atoms with Gasteiger partial charge in [0.2, 0.25) is 0 Å². The quantitative estimate of drug-likeness (QED) is 0.786. The molecule has 0 atom stereocenters. The number of nitrogens with one attached hydrogen (secondary N) is 1. The van der Waals surface area contributed by atoms with E-state index in [1.807, 2.05) is 0 Å². The van der Waals surface area contributed by atoms with Gasteiger partial charge in [0.15, 0.2) is 0 Å². The predicted molar refractivity (Wildman–Crippen MR) is 62.1 cm³/mol. The maximum Gasteiger partial charge on any atom is 0.335 e. The summed E-state index contributed by atoms with van der Waals surface area (Å²) in [5.41, 5.74) is -0.549. The second-order valence-corrected chi connectivity index (χ2v) is 5.50. The summed E-state index contributed by atoms with van der Waals surface area (Å²) >= 11 is 0. The molecule has 0 bridgehead atoms. The Morgan fingerprint density at radius 2 is 1.94 bits per heavy atom. The molecule has 0 aromatic heterocycles. The van der Waals surface area contributed by atoms with Crippen LogP contribution in [0.1, 0.15) is 15.9 Å². The molecule has 1 rings (SSSR count). The lowest BCUT2D eigenvalue weighted by Crippen LogP contribution is -2.36. The van der Waals surface area contributed by atoms with Gasteiger partial charge in [-0.15, -0.1) is 4.83 Å². The van der Waals surface area contributed by atoms with E-state index in [-0.39, 0.29) is 5.56 Å². The molecule has 8 heteroatoms. The number of rotatable bonds is 4. The number of carboxylic acid groups (broad SMARTS) is 1. The molecule has 0 fully saturated rings. The van der Waals surface area contributed by atoms with Crippen LogP contribution in [0, 0.1) is 12.7 Å². The van der Waals surface area contributed by atoms with Crippen LogP contribution in [0.25, 0.3) is 0 Å². The number of sulfonamides is 1. The second-order valence-electron chi connectivity index (χ2n) is 3.88. The first kappa shape index (κ1) is 14.6. The van der Waals surface area contributed by atoms with Crippen molar-refractivity contribution in [3.63, 3.8) is 0 Å². The van der Waals surface area contributed by atoms with Gasteiger partial charge in [0.05, 0.1) is 10.5 Å². The summed E-state index contributed by atoms with van der Waals surface area (Å²) in [6.45, 7) is 1.27. The van der Waals surface area contributed by atoms with Gasteiger partial charge in [-0.05, 0) is 19.1 Å². The summed E-state index contributed by atoms with van der Waals surface area (Å²) in [6, 6.07) is 1.71. The summed E-state index contributed by atoms with van der Waals surface area (Å²) in [5, 5.41) is 9.95. The number of carbonyl (C=O) groups is 1. The van der Waals surface area contributed by atoms with Crippen LogP contribution in [-0.4, -0.2) is 38.6 Å². The third-order valence-corrected chi connectivity index (χ3v) is 3.74. The van der Waals surface area contributed by atoms with Crippen LogP contribution in [0.2, 0.25) is 0 Å². The number of carboxylic acids is 1. The zero-order chi connectivity index (χ0) is 14.1. The van der Waals surface area contributed by atoms with E-state index in [1.165, 1.54) is 26.0 Å². The van der Waals surface area contributed by atoms with Crippen LogP contribution in [0.5, 0.6) is 0 Å². The predicted octanol–water partition coefficient (Wildman–Crippen LogP) is 0.587. The average molecular weight is 276 g/mol. The van der Waals surface area contributed by atoms with Crippen LogP contribution in [-0.2, 0) is 10.0 Å². The molecule has 0 saturated heterocycles. The molecule has 0 unspecified atom stereocenters.